The third kappa shape index (κ3) is 4.18. The fourth-order valence-corrected chi connectivity index (χ4v) is 2.53. The third-order valence-electron chi connectivity index (χ3n) is 3.81. The van der Waals surface area contributed by atoms with E-state index in [1.165, 1.54) is 0 Å². The van der Waals surface area contributed by atoms with Crippen molar-refractivity contribution in [3.05, 3.63) is 48.6 Å². The first kappa shape index (κ1) is 15.3. The molecule has 112 valence electrons. The average Bonchev–Trinajstić information content (AvgIpc) is 3.29. The van der Waals surface area contributed by atoms with Crippen molar-refractivity contribution in [2.24, 2.45) is 5.92 Å². The number of carboxylic acids is 1. The number of carbonyl (C=O) groups is 2. The van der Waals surface area contributed by atoms with Gasteiger partial charge in [0.1, 0.15) is 6.04 Å². The van der Waals surface area contributed by atoms with Gasteiger partial charge in [0.2, 0.25) is 5.91 Å². The minimum Gasteiger partial charge on any atom is -0.480 e. The van der Waals surface area contributed by atoms with Gasteiger partial charge in [-0.15, -0.1) is 6.58 Å². The molecule has 2 rings (SSSR count). The smallest absolute Gasteiger partial charge is 0.326 e. The molecule has 4 nitrogen and oxygen atoms in total. The second kappa shape index (κ2) is 7.07. The number of benzene rings is 1. The van der Waals surface area contributed by atoms with Crippen LogP contribution in [0.4, 0.5) is 0 Å². The van der Waals surface area contributed by atoms with E-state index in [1.54, 1.807) is 6.08 Å². The molecule has 0 bridgehead atoms. The topological polar surface area (TPSA) is 66.4 Å². The van der Waals surface area contributed by atoms with Gasteiger partial charge in [0, 0.05) is 0 Å². The first-order valence-electron chi connectivity index (χ1n) is 7.32. The van der Waals surface area contributed by atoms with E-state index in [2.05, 4.69) is 11.9 Å². The number of aliphatic carboxylic acids is 1. The Hall–Kier alpha value is -2.10. The normalized spacial score (nSPS) is 16.8. The standard InChI is InChI=1S/C17H21NO3/c1-2-3-9-14(17(20)21)18-16(19)15(13-10-11-13)12-7-5-4-6-8-12/h2,4-8,13-15H,1,3,9-11H2,(H,18,19)(H,20,21). The molecule has 2 unspecified atom stereocenters. The van der Waals surface area contributed by atoms with Crippen LogP contribution < -0.4 is 5.32 Å². The maximum Gasteiger partial charge on any atom is 0.326 e. The van der Waals surface area contributed by atoms with Gasteiger partial charge in [-0.2, -0.15) is 0 Å². The molecule has 4 heteroatoms. The lowest BCUT2D eigenvalue weighted by molar-refractivity contribution is -0.142. The molecule has 1 aromatic carbocycles. The van der Waals surface area contributed by atoms with Crippen LogP contribution in [0.15, 0.2) is 43.0 Å². The molecule has 1 aromatic rings. The van der Waals surface area contributed by atoms with Crippen LogP contribution in [0, 0.1) is 5.92 Å². The lowest BCUT2D eigenvalue weighted by Crippen LogP contribution is -2.43. The largest absolute Gasteiger partial charge is 0.480 e. The zero-order valence-corrected chi connectivity index (χ0v) is 12.0. The predicted molar refractivity (Wildman–Crippen MR) is 80.9 cm³/mol. The van der Waals surface area contributed by atoms with Gasteiger partial charge in [-0.25, -0.2) is 4.79 Å². The molecule has 0 heterocycles. The van der Waals surface area contributed by atoms with Crippen LogP contribution in [0.5, 0.6) is 0 Å². The molecule has 1 saturated carbocycles. The maximum absolute atomic E-state index is 12.5. The number of nitrogens with one attached hydrogen (secondary N) is 1. The Morgan fingerprint density at radius 1 is 1.33 bits per heavy atom. The minimum absolute atomic E-state index is 0.180. The van der Waals surface area contributed by atoms with E-state index in [0.29, 0.717) is 18.8 Å². The lowest BCUT2D eigenvalue weighted by Gasteiger charge is -2.20. The molecule has 1 aliphatic carbocycles. The van der Waals surface area contributed by atoms with Crippen molar-refractivity contribution in [3.8, 4) is 0 Å². The monoisotopic (exact) mass is 287 g/mol. The Balaban J connectivity index is 2.08. The van der Waals surface area contributed by atoms with E-state index in [0.717, 1.165) is 18.4 Å². The van der Waals surface area contributed by atoms with E-state index in [1.807, 2.05) is 30.3 Å². The van der Waals surface area contributed by atoms with Crippen molar-refractivity contribution in [2.45, 2.75) is 37.6 Å². The highest BCUT2D eigenvalue weighted by atomic mass is 16.4. The summed E-state index contributed by atoms with van der Waals surface area (Å²) in [5, 5.41) is 11.9. The van der Waals surface area contributed by atoms with E-state index in [9.17, 15) is 14.7 Å². The maximum atomic E-state index is 12.5. The number of carboxylic acid groups (broad SMARTS) is 1. The van der Waals surface area contributed by atoms with Crippen molar-refractivity contribution in [3.63, 3.8) is 0 Å². The first-order valence-corrected chi connectivity index (χ1v) is 7.32. The molecular formula is C17H21NO3. The molecule has 0 saturated heterocycles. The van der Waals surface area contributed by atoms with Crippen LogP contribution in [-0.2, 0) is 9.59 Å². The summed E-state index contributed by atoms with van der Waals surface area (Å²) in [6.45, 7) is 3.59. The van der Waals surface area contributed by atoms with Crippen molar-refractivity contribution in [1.29, 1.82) is 0 Å². The summed E-state index contributed by atoms with van der Waals surface area (Å²) in [6, 6.07) is 8.74. The molecule has 1 fully saturated rings. The van der Waals surface area contributed by atoms with Crippen LogP contribution in [0.25, 0.3) is 0 Å². The summed E-state index contributed by atoms with van der Waals surface area (Å²) in [7, 11) is 0. The second-order valence-electron chi connectivity index (χ2n) is 5.49. The molecular weight excluding hydrogens is 266 g/mol. The summed E-state index contributed by atoms with van der Waals surface area (Å²) in [4.78, 5) is 23.7. The number of hydrogen-bond acceptors (Lipinski definition) is 2. The molecule has 2 atom stereocenters. The molecule has 0 spiro atoms. The summed E-state index contributed by atoms with van der Waals surface area (Å²) in [6.07, 6.45) is 4.65. The summed E-state index contributed by atoms with van der Waals surface area (Å²) >= 11 is 0. The Morgan fingerprint density at radius 3 is 2.52 bits per heavy atom. The van der Waals surface area contributed by atoms with Gasteiger partial charge in [0.05, 0.1) is 5.92 Å². The van der Waals surface area contributed by atoms with Gasteiger partial charge in [0.15, 0.2) is 0 Å². The molecule has 0 aliphatic heterocycles. The number of carbonyl (C=O) groups excluding carboxylic acids is 1. The molecule has 2 N–H and O–H groups in total. The second-order valence-corrected chi connectivity index (χ2v) is 5.49. The van der Waals surface area contributed by atoms with E-state index in [-0.39, 0.29) is 11.8 Å². The molecule has 1 amide bonds. The van der Waals surface area contributed by atoms with Crippen molar-refractivity contribution >= 4 is 11.9 Å². The van der Waals surface area contributed by atoms with Gasteiger partial charge in [-0.3, -0.25) is 4.79 Å². The Labute approximate surface area is 124 Å². The highest BCUT2D eigenvalue weighted by Crippen LogP contribution is 2.42. The predicted octanol–water partition coefficient (Wildman–Crippen LogP) is 2.72. The van der Waals surface area contributed by atoms with Gasteiger partial charge in [-0.1, -0.05) is 36.4 Å². The van der Waals surface area contributed by atoms with E-state index in [4.69, 9.17) is 0 Å². The van der Waals surface area contributed by atoms with Crippen LogP contribution >= 0.6 is 0 Å². The fraction of sp³-hybridized carbons (Fsp3) is 0.412. The average molecular weight is 287 g/mol. The third-order valence-corrected chi connectivity index (χ3v) is 3.81. The molecule has 0 aromatic heterocycles. The molecule has 1 aliphatic rings. The van der Waals surface area contributed by atoms with Crippen LogP contribution in [-0.4, -0.2) is 23.0 Å². The number of allylic oxidation sites excluding steroid dienone is 1. The van der Waals surface area contributed by atoms with E-state index < -0.39 is 12.0 Å². The minimum atomic E-state index is -0.993. The van der Waals surface area contributed by atoms with Crippen molar-refractivity contribution < 1.29 is 14.7 Å². The van der Waals surface area contributed by atoms with Crippen LogP contribution in [0.2, 0.25) is 0 Å². The van der Waals surface area contributed by atoms with Crippen molar-refractivity contribution in [1.82, 2.24) is 5.32 Å². The van der Waals surface area contributed by atoms with Gasteiger partial charge in [0.25, 0.3) is 0 Å². The summed E-state index contributed by atoms with van der Waals surface area (Å²) in [5.41, 5.74) is 0.963. The Kier molecular flexibility index (Phi) is 5.14. The quantitative estimate of drug-likeness (QED) is 0.722. The highest BCUT2D eigenvalue weighted by Gasteiger charge is 2.38. The highest BCUT2D eigenvalue weighted by molar-refractivity contribution is 5.88. The Bertz CT molecular complexity index is 508. The Morgan fingerprint density at radius 2 is 2.00 bits per heavy atom. The van der Waals surface area contributed by atoms with Gasteiger partial charge >= 0.3 is 5.97 Å². The molecule has 0 radical (unpaired) electrons. The van der Waals surface area contributed by atoms with Crippen LogP contribution in [0.3, 0.4) is 0 Å². The zero-order valence-electron chi connectivity index (χ0n) is 12.0. The van der Waals surface area contributed by atoms with E-state index >= 15 is 0 Å². The van der Waals surface area contributed by atoms with Crippen LogP contribution in [0.1, 0.15) is 37.2 Å². The summed E-state index contributed by atoms with van der Waals surface area (Å²) < 4.78 is 0. The number of amides is 1. The zero-order chi connectivity index (χ0) is 15.2. The number of rotatable bonds is 8. The fourth-order valence-electron chi connectivity index (χ4n) is 2.53. The first-order chi connectivity index (χ1) is 10.1. The van der Waals surface area contributed by atoms with Gasteiger partial charge in [-0.05, 0) is 37.2 Å². The summed E-state index contributed by atoms with van der Waals surface area (Å²) in [5.74, 6) is -1.08. The number of hydrogen-bond donors (Lipinski definition) is 2. The SMILES string of the molecule is C=CCCC(NC(=O)C(c1ccccc1)C1CC1)C(=O)O. The van der Waals surface area contributed by atoms with Gasteiger partial charge < -0.3 is 10.4 Å². The molecule has 21 heavy (non-hydrogen) atoms. The lowest BCUT2D eigenvalue weighted by atomic mass is 9.93. The van der Waals surface area contributed by atoms with Crippen molar-refractivity contribution in [2.75, 3.05) is 0 Å².